The lowest BCUT2D eigenvalue weighted by molar-refractivity contribution is 0.0204. The number of unbranched alkanes of at least 4 members (excludes halogenated alkanes) is 4. The van der Waals surface area contributed by atoms with Crippen LogP contribution in [-0.4, -0.2) is 68.1 Å². The summed E-state index contributed by atoms with van der Waals surface area (Å²) in [6, 6.07) is 8.25. The molecule has 0 unspecified atom stereocenters. The lowest BCUT2D eigenvalue weighted by atomic mass is 9.92. The van der Waals surface area contributed by atoms with Crippen LogP contribution in [0.1, 0.15) is 150 Å². The largest absolute Gasteiger partial charge is 0.378 e. The molecule has 2 amide bonds. The van der Waals surface area contributed by atoms with Gasteiger partial charge in [0.15, 0.2) is 0 Å². The Morgan fingerprint density at radius 2 is 1.04 bits per heavy atom. The van der Waals surface area contributed by atoms with Crippen molar-refractivity contribution in [1.82, 2.24) is 29.4 Å². The van der Waals surface area contributed by atoms with Gasteiger partial charge in [-0.05, 0) is 116 Å². The van der Waals surface area contributed by atoms with Gasteiger partial charge in [-0.3, -0.25) is 9.59 Å². The van der Waals surface area contributed by atoms with E-state index in [4.69, 9.17) is 9.47 Å². The summed E-state index contributed by atoms with van der Waals surface area (Å²) >= 11 is 0. The van der Waals surface area contributed by atoms with Crippen molar-refractivity contribution in [2.75, 3.05) is 13.2 Å². The van der Waals surface area contributed by atoms with Crippen LogP contribution in [0.4, 0.5) is 0 Å². The van der Waals surface area contributed by atoms with Crippen LogP contribution in [0, 0.1) is 27.7 Å². The van der Waals surface area contributed by atoms with Gasteiger partial charge in [-0.2, -0.15) is 0 Å². The molecule has 0 aromatic carbocycles. The molecule has 2 aliphatic rings. The van der Waals surface area contributed by atoms with E-state index in [9.17, 15) is 9.59 Å². The third kappa shape index (κ3) is 10.7. The summed E-state index contributed by atoms with van der Waals surface area (Å²) in [5.41, 5.74) is 6.86. The van der Waals surface area contributed by atoms with Crippen molar-refractivity contribution in [3.05, 3.63) is 70.6 Å². The molecule has 2 N–H and O–H groups in total. The molecule has 4 aromatic rings. The Hall–Kier alpha value is -3.76. The van der Waals surface area contributed by atoms with E-state index in [1.54, 1.807) is 0 Å². The zero-order valence-corrected chi connectivity index (χ0v) is 32.5. The second kappa shape index (κ2) is 19.4. The fourth-order valence-electron chi connectivity index (χ4n) is 7.62. The first kappa shape index (κ1) is 39.4. The predicted octanol–water partition coefficient (Wildman–Crippen LogP) is 8.89. The molecule has 0 spiro atoms. The van der Waals surface area contributed by atoms with Gasteiger partial charge in [0.2, 0.25) is 0 Å². The fourth-order valence-corrected chi connectivity index (χ4v) is 7.62. The fraction of sp³-hybridized carbons (Fsp3) is 0.619. The number of aryl methyl sites for hydroxylation is 4. The maximum absolute atomic E-state index is 12.7. The van der Waals surface area contributed by atoms with Crippen molar-refractivity contribution in [3.8, 4) is 0 Å². The second-order valence-corrected chi connectivity index (χ2v) is 15.0. The molecule has 4 aromatic heterocycles. The molecule has 10 nitrogen and oxygen atoms in total. The summed E-state index contributed by atoms with van der Waals surface area (Å²) < 4.78 is 15.9. The lowest BCUT2D eigenvalue weighted by Gasteiger charge is -2.29. The Bertz CT molecular complexity index is 1630. The molecule has 0 saturated heterocycles. The Balaban J connectivity index is 0.000000280. The van der Waals surface area contributed by atoms with Crippen LogP contribution in [0.5, 0.6) is 0 Å². The monoisotopic (exact) mass is 719 g/mol. The molecule has 10 heteroatoms. The standard InChI is InChI=1S/2C21H31N3O2.2H2/c2*1-4-5-6-13-26-18-9-7-17(8-10-18)23-21(25)19-11-12-24-16(3)14-15(2)22-20(19)24;;/h2*11-12,14,17-18H,4-10,13H2,1-3H3,(H,23,25);2*1H. The summed E-state index contributed by atoms with van der Waals surface area (Å²) in [4.78, 5) is 34.6. The normalized spacial score (nSPS) is 20.4. The molecule has 2 aliphatic carbocycles. The van der Waals surface area contributed by atoms with Gasteiger partial charge in [0, 0.05) is 63.3 Å². The number of hydrogen-bond acceptors (Lipinski definition) is 6. The van der Waals surface area contributed by atoms with E-state index in [-0.39, 0.29) is 26.8 Å². The predicted molar refractivity (Wildman–Crippen MR) is 212 cm³/mol. The first-order chi connectivity index (χ1) is 25.2. The number of nitrogens with zero attached hydrogens (tertiary/aromatic N) is 4. The maximum atomic E-state index is 12.7. The van der Waals surface area contributed by atoms with E-state index in [0.717, 1.165) is 111 Å². The third-order valence-electron chi connectivity index (χ3n) is 10.6. The highest BCUT2D eigenvalue weighted by molar-refractivity contribution is 6.01. The van der Waals surface area contributed by atoms with Gasteiger partial charge >= 0.3 is 0 Å². The molecular formula is C42H66N6O4. The van der Waals surface area contributed by atoms with Crippen LogP contribution in [0.2, 0.25) is 0 Å². The minimum atomic E-state index is -0.0164. The minimum Gasteiger partial charge on any atom is -0.378 e. The highest BCUT2D eigenvalue weighted by Gasteiger charge is 2.26. The Kier molecular flexibility index (Phi) is 14.7. The summed E-state index contributed by atoms with van der Waals surface area (Å²) in [7, 11) is 0. The highest BCUT2D eigenvalue weighted by Crippen LogP contribution is 2.24. The minimum absolute atomic E-state index is 0. The molecule has 0 bridgehead atoms. The van der Waals surface area contributed by atoms with Crippen molar-refractivity contribution < 1.29 is 21.9 Å². The molecule has 52 heavy (non-hydrogen) atoms. The molecule has 2 fully saturated rings. The average molecular weight is 719 g/mol. The summed E-state index contributed by atoms with van der Waals surface area (Å²) in [6.07, 6.45) is 19.9. The van der Waals surface area contributed by atoms with E-state index in [2.05, 4.69) is 34.4 Å². The van der Waals surface area contributed by atoms with E-state index < -0.39 is 0 Å². The SMILES string of the molecule is CCCCCOC1CCC(NC(=O)c2ccn3c(C)cc(C)nc23)CC1.CCCCCOC1CCC(NC(=O)c2ccn3c(C)cc(C)nc23)CC1.[HH].[HH]. The number of carbonyl (C=O) groups is 2. The molecule has 0 radical (unpaired) electrons. The third-order valence-corrected chi connectivity index (χ3v) is 10.6. The van der Waals surface area contributed by atoms with Crippen LogP contribution < -0.4 is 10.6 Å². The van der Waals surface area contributed by atoms with Crippen LogP contribution in [-0.2, 0) is 9.47 Å². The number of hydrogen-bond donors (Lipinski definition) is 2. The number of rotatable bonds is 14. The van der Waals surface area contributed by atoms with Gasteiger partial charge < -0.3 is 28.9 Å². The summed E-state index contributed by atoms with van der Waals surface area (Å²) in [5, 5.41) is 6.40. The van der Waals surface area contributed by atoms with Crippen molar-refractivity contribution in [2.45, 2.75) is 156 Å². The molecule has 6 rings (SSSR count). The first-order valence-corrected chi connectivity index (χ1v) is 19.9. The summed E-state index contributed by atoms with van der Waals surface area (Å²) in [5.74, 6) is -0.0328. The van der Waals surface area contributed by atoms with Crippen molar-refractivity contribution in [2.24, 2.45) is 0 Å². The molecular weight excluding hydrogens is 652 g/mol. The quantitative estimate of drug-likeness (QED) is 0.126. The Morgan fingerprint density at radius 1 is 0.654 bits per heavy atom. The van der Waals surface area contributed by atoms with Gasteiger partial charge in [-0.25, -0.2) is 9.97 Å². The Morgan fingerprint density at radius 3 is 1.40 bits per heavy atom. The number of amides is 2. The van der Waals surface area contributed by atoms with Crippen LogP contribution in [0.3, 0.4) is 0 Å². The molecule has 0 atom stereocenters. The van der Waals surface area contributed by atoms with Crippen LogP contribution in [0.25, 0.3) is 11.3 Å². The number of fused-ring (bicyclic) bond motifs is 2. The van der Waals surface area contributed by atoms with E-state index in [1.807, 2.05) is 73.2 Å². The molecule has 2 saturated carbocycles. The van der Waals surface area contributed by atoms with Gasteiger partial charge in [0.25, 0.3) is 11.8 Å². The zero-order valence-electron chi connectivity index (χ0n) is 32.5. The number of aromatic nitrogens is 4. The van der Waals surface area contributed by atoms with Gasteiger partial charge in [-0.15, -0.1) is 0 Å². The van der Waals surface area contributed by atoms with Gasteiger partial charge in [-0.1, -0.05) is 39.5 Å². The van der Waals surface area contributed by atoms with E-state index in [1.165, 1.54) is 25.7 Å². The van der Waals surface area contributed by atoms with Crippen molar-refractivity contribution >= 4 is 23.1 Å². The van der Waals surface area contributed by atoms with Crippen LogP contribution in [0.15, 0.2) is 36.7 Å². The zero-order chi connectivity index (χ0) is 37.0. The highest BCUT2D eigenvalue weighted by atomic mass is 16.5. The first-order valence-electron chi connectivity index (χ1n) is 19.9. The van der Waals surface area contributed by atoms with Crippen LogP contribution >= 0.6 is 0 Å². The molecule has 0 aliphatic heterocycles. The number of ether oxygens (including phenoxy) is 2. The smallest absolute Gasteiger partial charge is 0.255 e. The summed E-state index contributed by atoms with van der Waals surface area (Å²) in [6.45, 7) is 14.2. The number of nitrogens with one attached hydrogen (secondary N) is 2. The van der Waals surface area contributed by atoms with Gasteiger partial charge in [0.05, 0.1) is 23.3 Å². The Labute approximate surface area is 313 Å². The molecule has 288 valence electrons. The van der Waals surface area contributed by atoms with E-state index >= 15 is 0 Å². The average Bonchev–Trinajstić information content (AvgIpc) is 3.76. The van der Waals surface area contributed by atoms with Crippen molar-refractivity contribution in [1.29, 1.82) is 0 Å². The van der Waals surface area contributed by atoms with Crippen molar-refractivity contribution in [3.63, 3.8) is 0 Å². The maximum Gasteiger partial charge on any atom is 0.255 e. The topological polar surface area (TPSA) is 111 Å². The number of carbonyl (C=O) groups excluding carboxylic acids is 2. The second-order valence-electron chi connectivity index (χ2n) is 15.0. The lowest BCUT2D eigenvalue weighted by Crippen LogP contribution is -2.39. The molecule has 4 heterocycles. The van der Waals surface area contributed by atoms with Gasteiger partial charge in [0.1, 0.15) is 11.3 Å². The van der Waals surface area contributed by atoms with E-state index in [0.29, 0.717) is 23.3 Å².